The lowest BCUT2D eigenvalue weighted by atomic mass is 10.1. The summed E-state index contributed by atoms with van der Waals surface area (Å²) >= 11 is 0. The normalized spacial score (nSPS) is 12.1. The Morgan fingerprint density at radius 1 is 1.25 bits per heavy atom. The molecule has 1 unspecified atom stereocenters. The van der Waals surface area contributed by atoms with Crippen molar-refractivity contribution in [3.8, 4) is 11.4 Å². The summed E-state index contributed by atoms with van der Waals surface area (Å²) in [6.45, 7) is 3.78. The first-order valence-electron chi connectivity index (χ1n) is 8.78. The van der Waals surface area contributed by atoms with E-state index in [0.717, 1.165) is 16.6 Å². The highest BCUT2D eigenvalue weighted by molar-refractivity contribution is 5.95. The van der Waals surface area contributed by atoms with Crippen LogP contribution in [-0.2, 0) is 0 Å². The van der Waals surface area contributed by atoms with Gasteiger partial charge in [-0.1, -0.05) is 12.1 Å². The molecule has 1 amide bonds. The Labute approximate surface area is 161 Å². The van der Waals surface area contributed by atoms with Crippen LogP contribution in [0.1, 0.15) is 34.6 Å². The van der Waals surface area contributed by atoms with Crippen LogP contribution in [0.15, 0.2) is 53.2 Å². The fourth-order valence-electron chi connectivity index (χ4n) is 3.11. The van der Waals surface area contributed by atoms with E-state index in [1.54, 1.807) is 23.9 Å². The van der Waals surface area contributed by atoms with Crippen molar-refractivity contribution in [1.82, 2.24) is 25.5 Å². The summed E-state index contributed by atoms with van der Waals surface area (Å²) in [5.41, 5.74) is 2.93. The second kappa shape index (κ2) is 7.15. The first kappa shape index (κ1) is 17.7. The molecule has 0 saturated carbocycles. The Morgan fingerprint density at radius 2 is 2.11 bits per heavy atom. The van der Waals surface area contributed by atoms with Crippen molar-refractivity contribution in [3.63, 3.8) is 0 Å². The number of aryl methyl sites for hydroxylation is 1. The van der Waals surface area contributed by atoms with Crippen molar-refractivity contribution < 1.29 is 13.9 Å². The zero-order valence-electron chi connectivity index (χ0n) is 15.7. The highest BCUT2D eigenvalue weighted by Gasteiger charge is 2.17. The van der Waals surface area contributed by atoms with Gasteiger partial charge < -0.3 is 14.5 Å². The molecule has 0 fully saturated rings. The van der Waals surface area contributed by atoms with Crippen LogP contribution in [-0.4, -0.2) is 33.2 Å². The monoisotopic (exact) mass is 377 g/mol. The molecule has 28 heavy (non-hydrogen) atoms. The van der Waals surface area contributed by atoms with Gasteiger partial charge in [0.2, 0.25) is 0 Å². The second-order valence-corrected chi connectivity index (χ2v) is 6.48. The molecule has 0 saturated heterocycles. The third-order valence-electron chi connectivity index (χ3n) is 4.58. The molecule has 4 rings (SSSR count). The SMILES string of the molecule is COc1cccc2cc(C(C)NC(=O)c3ccc(-n4cnnn4)c(C)c3)oc12. The molecule has 4 aromatic rings. The van der Waals surface area contributed by atoms with Gasteiger partial charge in [-0.3, -0.25) is 4.79 Å². The van der Waals surface area contributed by atoms with Crippen LogP contribution in [0.4, 0.5) is 0 Å². The van der Waals surface area contributed by atoms with E-state index in [2.05, 4.69) is 20.8 Å². The summed E-state index contributed by atoms with van der Waals surface area (Å²) in [5.74, 6) is 1.14. The van der Waals surface area contributed by atoms with Crippen molar-refractivity contribution in [2.24, 2.45) is 0 Å². The number of fused-ring (bicyclic) bond motifs is 1. The molecule has 8 nitrogen and oxygen atoms in total. The summed E-state index contributed by atoms with van der Waals surface area (Å²) in [6, 6.07) is 12.7. The van der Waals surface area contributed by atoms with Crippen molar-refractivity contribution in [2.75, 3.05) is 7.11 Å². The number of hydrogen-bond donors (Lipinski definition) is 1. The Hall–Kier alpha value is -3.68. The number of tetrazole rings is 1. The van der Waals surface area contributed by atoms with Crippen molar-refractivity contribution in [1.29, 1.82) is 0 Å². The van der Waals surface area contributed by atoms with Gasteiger partial charge in [0.05, 0.1) is 18.8 Å². The Bertz CT molecular complexity index is 1130. The molecule has 2 aromatic heterocycles. The van der Waals surface area contributed by atoms with Crippen LogP contribution < -0.4 is 10.1 Å². The number of nitrogens with zero attached hydrogens (tertiary/aromatic N) is 4. The van der Waals surface area contributed by atoms with Crippen LogP contribution in [0.25, 0.3) is 16.7 Å². The van der Waals surface area contributed by atoms with E-state index in [4.69, 9.17) is 9.15 Å². The predicted molar refractivity (Wildman–Crippen MR) is 103 cm³/mol. The lowest BCUT2D eigenvalue weighted by Gasteiger charge is -2.13. The highest BCUT2D eigenvalue weighted by Crippen LogP contribution is 2.31. The fourth-order valence-corrected chi connectivity index (χ4v) is 3.11. The van der Waals surface area contributed by atoms with Gasteiger partial charge in [-0.25, -0.2) is 4.68 Å². The fraction of sp³-hybridized carbons (Fsp3) is 0.200. The Morgan fingerprint density at radius 3 is 2.82 bits per heavy atom. The summed E-state index contributed by atoms with van der Waals surface area (Å²) in [6.07, 6.45) is 1.51. The van der Waals surface area contributed by atoms with Crippen molar-refractivity contribution in [3.05, 3.63) is 65.7 Å². The maximum Gasteiger partial charge on any atom is 0.251 e. The lowest BCUT2D eigenvalue weighted by molar-refractivity contribution is 0.0935. The van der Waals surface area contributed by atoms with E-state index in [9.17, 15) is 4.79 Å². The predicted octanol–water partition coefficient (Wildman–Crippen LogP) is 3.22. The average Bonchev–Trinajstić information content (AvgIpc) is 3.37. The number of carbonyl (C=O) groups is 1. The van der Waals surface area contributed by atoms with E-state index in [0.29, 0.717) is 22.7 Å². The second-order valence-electron chi connectivity index (χ2n) is 6.48. The number of nitrogens with one attached hydrogen (secondary N) is 1. The minimum atomic E-state index is -0.302. The first-order chi connectivity index (χ1) is 13.6. The minimum Gasteiger partial charge on any atom is -0.493 e. The van der Waals surface area contributed by atoms with E-state index >= 15 is 0 Å². The summed E-state index contributed by atoms with van der Waals surface area (Å²) in [5, 5.41) is 15.0. The van der Waals surface area contributed by atoms with Crippen LogP contribution >= 0.6 is 0 Å². The maximum atomic E-state index is 12.7. The molecular weight excluding hydrogens is 358 g/mol. The lowest BCUT2D eigenvalue weighted by Crippen LogP contribution is -2.26. The maximum absolute atomic E-state index is 12.7. The van der Waals surface area contributed by atoms with E-state index in [1.807, 2.05) is 44.2 Å². The molecule has 0 bridgehead atoms. The van der Waals surface area contributed by atoms with Gasteiger partial charge in [-0.2, -0.15) is 0 Å². The molecule has 0 radical (unpaired) electrons. The van der Waals surface area contributed by atoms with E-state index < -0.39 is 0 Å². The quantitative estimate of drug-likeness (QED) is 0.574. The summed E-state index contributed by atoms with van der Waals surface area (Å²) in [4.78, 5) is 12.7. The Balaban J connectivity index is 1.54. The molecule has 0 aliphatic carbocycles. The minimum absolute atomic E-state index is 0.189. The zero-order valence-corrected chi connectivity index (χ0v) is 15.7. The van der Waals surface area contributed by atoms with Gasteiger partial charge in [-0.15, -0.1) is 5.10 Å². The molecular formula is C20H19N5O3. The molecule has 2 aromatic carbocycles. The van der Waals surface area contributed by atoms with Crippen LogP contribution in [0.5, 0.6) is 5.75 Å². The third kappa shape index (κ3) is 3.20. The molecule has 2 heterocycles. The topological polar surface area (TPSA) is 95.1 Å². The van der Waals surface area contributed by atoms with Crippen molar-refractivity contribution in [2.45, 2.75) is 19.9 Å². The number of rotatable bonds is 5. The van der Waals surface area contributed by atoms with Gasteiger partial charge in [0.15, 0.2) is 11.3 Å². The molecule has 0 aliphatic rings. The van der Waals surface area contributed by atoms with Gasteiger partial charge in [0.25, 0.3) is 5.91 Å². The van der Waals surface area contributed by atoms with E-state index in [-0.39, 0.29) is 11.9 Å². The van der Waals surface area contributed by atoms with Gasteiger partial charge in [-0.05, 0) is 60.2 Å². The number of methoxy groups -OCH3 is 1. The molecule has 142 valence electrons. The van der Waals surface area contributed by atoms with Gasteiger partial charge >= 0.3 is 0 Å². The van der Waals surface area contributed by atoms with Gasteiger partial charge in [0.1, 0.15) is 12.1 Å². The van der Waals surface area contributed by atoms with Gasteiger partial charge in [0, 0.05) is 10.9 Å². The third-order valence-corrected chi connectivity index (χ3v) is 4.58. The number of furan rings is 1. The molecule has 0 aliphatic heterocycles. The van der Waals surface area contributed by atoms with Crippen LogP contribution in [0.2, 0.25) is 0 Å². The molecule has 8 heteroatoms. The number of ether oxygens (including phenoxy) is 1. The smallest absolute Gasteiger partial charge is 0.251 e. The molecule has 0 spiro atoms. The number of carbonyl (C=O) groups excluding carboxylic acids is 1. The standard InChI is InChI=1S/C20H19N5O3/c1-12-9-15(7-8-16(12)25-11-21-23-24-25)20(26)22-13(2)18-10-14-5-4-6-17(27-3)19(14)28-18/h4-11,13H,1-3H3,(H,22,26). The number of benzene rings is 2. The van der Waals surface area contributed by atoms with E-state index in [1.165, 1.54) is 6.33 Å². The van der Waals surface area contributed by atoms with Crippen LogP contribution in [0.3, 0.4) is 0 Å². The Kier molecular flexibility index (Phi) is 4.52. The average molecular weight is 377 g/mol. The molecule has 1 N–H and O–H groups in total. The summed E-state index contributed by atoms with van der Waals surface area (Å²) < 4.78 is 12.8. The summed E-state index contributed by atoms with van der Waals surface area (Å²) in [7, 11) is 1.60. The number of amides is 1. The molecule has 1 atom stereocenters. The number of aromatic nitrogens is 4. The number of para-hydroxylation sites is 1. The van der Waals surface area contributed by atoms with Crippen molar-refractivity contribution >= 4 is 16.9 Å². The largest absolute Gasteiger partial charge is 0.493 e. The highest BCUT2D eigenvalue weighted by atomic mass is 16.5. The zero-order chi connectivity index (χ0) is 19.7. The van der Waals surface area contributed by atoms with Crippen LogP contribution in [0, 0.1) is 6.92 Å². The first-order valence-corrected chi connectivity index (χ1v) is 8.78. The number of hydrogen-bond acceptors (Lipinski definition) is 6.